The maximum Gasteiger partial charge on any atom is 0.322 e. The van der Waals surface area contributed by atoms with Crippen LogP contribution in [0.15, 0.2) is 60.0 Å². The molecule has 1 fully saturated rings. The number of fused-ring (bicyclic) bond motifs is 1. The Morgan fingerprint density at radius 3 is 2.49 bits per heavy atom. The molecule has 0 saturated carbocycles. The lowest BCUT2D eigenvalue weighted by molar-refractivity contribution is -0.134. The van der Waals surface area contributed by atoms with Crippen LogP contribution in [0.25, 0.3) is 0 Å². The molecule has 3 aromatic rings. The van der Waals surface area contributed by atoms with Crippen LogP contribution in [0.3, 0.4) is 0 Å². The molecule has 182 valence electrons. The lowest BCUT2D eigenvalue weighted by Crippen LogP contribution is -2.54. The van der Waals surface area contributed by atoms with Gasteiger partial charge in [-0.2, -0.15) is 0 Å². The van der Waals surface area contributed by atoms with Gasteiger partial charge in [0.2, 0.25) is 5.91 Å². The first kappa shape index (κ1) is 23.4. The van der Waals surface area contributed by atoms with Gasteiger partial charge in [-0.05, 0) is 53.3 Å². The molecular formula is C26H26F2N4O2S. The molecule has 0 bridgehead atoms. The van der Waals surface area contributed by atoms with E-state index in [1.807, 2.05) is 11.4 Å². The molecule has 1 unspecified atom stereocenters. The Labute approximate surface area is 206 Å². The third-order valence-electron chi connectivity index (χ3n) is 6.60. The minimum atomic E-state index is -0.488. The molecule has 2 aliphatic rings. The topological polar surface area (TPSA) is 55.9 Å². The van der Waals surface area contributed by atoms with Crippen LogP contribution in [0.4, 0.5) is 19.3 Å². The van der Waals surface area contributed by atoms with E-state index in [0.29, 0.717) is 32.7 Å². The highest BCUT2D eigenvalue weighted by molar-refractivity contribution is 7.10. The number of carbonyl (C=O) groups is 2. The van der Waals surface area contributed by atoms with Crippen molar-refractivity contribution in [3.05, 3.63) is 87.6 Å². The van der Waals surface area contributed by atoms with Crippen molar-refractivity contribution in [3.8, 4) is 0 Å². The molecule has 0 spiro atoms. The smallest absolute Gasteiger partial charge is 0.322 e. The number of hydrogen-bond donors (Lipinski definition) is 1. The molecular weight excluding hydrogens is 470 g/mol. The van der Waals surface area contributed by atoms with Gasteiger partial charge >= 0.3 is 6.03 Å². The number of rotatable bonds is 4. The number of thiophene rings is 1. The third-order valence-corrected chi connectivity index (χ3v) is 7.60. The van der Waals surface area contributed by atoms with Gasteiger partial charge in [-0.1, -0.05) is 24.3 Å². The van der Waals surface area contributed by atoms with Crippen LogP contribution in [0.2, 0.25) is 0 Å². The van der Waals surface area contributed by atoms with Crippen molar-refractivity contribution in [2.24, 2.45) is 0 Å². The number of urea groups is 1. The highest BCUT2D eigenvalue weighted by Gasteiger charge is 2.33. The molecule has 35 heavy (non-hydrogen) atoms. The molecule has 1 atom stereocenters. The van der Waals surface area contributed by atoms with Gasteiger partial charge in [0.05, 0.1) is 18.3 Å². The number of carbonyl (C=O) groups excluding carboxylic acids is 2. The Bertz CT molecular complexity index is 1230. The van der Waals surface area contributed by atoms with Gasteiger partial charge in [-0.15, -0.1) is 11.3 Å². The fourth-order valence-corrected chi connectivity index (χ4v) is 5.70. The monoisotopic (exact) mass is 496 g/mol. The summed E-state index contributed by atoms with van der Waals surface area (Å²) in [5.41, 5.74) is 2.11. The first-order valence-electron chi connectivity index (χ1n) is 11.6. The van der Waals surface area contributed by atoms with E-state index in [0.717, 1.165) is 17.5 Å². The summed E-state index contributed by atoms with van der Waals surface area (Å²) in [6.07, 6.45) is 0.857. The fourth-order valence-electron chi connectivity index (χ4n) is 4.80. The second kappa shape index (κ2) is 10.1. The van der Waals surface area contributed by atoms with Crippen molar-refractivity contribution in [2.45, 2.75) is 12.5 Å². The van der Waals surface area contributed by atoms with Gasteiger partial charge in [0.25, 0.3) is 0 Å². The predicted octanol–water partition coefficient (Wildman–Crippen LogP) is 4.35. The zero-order valence-electron chi connectivity index (χ0n) is 19.1. The minimum absolute atomic E-state index is 0.0146. The number of para-hydroxylation sites is 1. The Morgan fingerprint density at radius 2 is 1.71 bits per heavy atom. The average molecular weight is 497 g/mol. The van der Waals surface area contributed by atoms with Crippen molar-refractivity contribution < 1.29 is 18.4 Å². The summed E-state index contributed by atoms with van der Waals surface area (Å²) in [6, 6.07) is 14.1. The highest BCUT2D eigenvalue weighted by atomic mass is 32.1. The summed E-state index contributed by atoms with van der Waals surface area (Å²) in [5, 5.41) is 4.65. The molecule has 1 aromatic heterocycles. The third kappa shape index (κ3) is 5.06. The maximum atomic E-state index is 14.0. The molecule has 2 aromatic carbocycles. The van der Waals surface area contributed by atoms with Gasteiger partial charge in [0.1, 0.15) is 11.6 Å². The first-order valence-corrected chi connectivity index (χ1v) is 12.5. The molecule has 0 radical (unpaired) electrons. The Hall–Kier alpha value is -3.30. The Balaban J connectivity index is 1.22. The minimum Gasteiger partial charge on any atom is -0.338 e. The second-order valence-electron chi connectivity index (χ2n) is 8.75. The second-order valence-corrected chi connectivity index (χ2v) is 9.76. The van der Waals surface area contributed by atoms with E-state index >= 15 is 0 Å². The molecule has 6 nitrogen and oxygen atoms in total. The van der Waals surface area contributed by atoms with E-state index in [1.165, 1.54) is 23.1 Å². The lowest BCUT2D eigenvalue weighted by Gasteiger charge is -2.39. The van der Waals surface area contributed by atoms with Crippen LogP contribution in [-0.2, 0) is 11.2 Å². The number of piperazine rings is 1. The van der Waals surface area contributed by atoms with Crippen LogP contribution in [-0.4, -0.2) is 65.9 Å². The van der Waals surface area contributed by atoms with Crippen molar-refractivity contribution in [3.63, 3.8) is 0 Å². The summed E-state index contributed by atoms with van der Waals surface area (Å²) in [5.74, 6) is -0.794. The molecule has 9 heteroatoms. The van der Waals surface area contributed by atoms with Gasteiger partial charge in [-0.25, -0.2) is 13.6 Å². The quantitative estimate of drug-likeness (QED) is 0.584. The van der Waals surface area contributed by atoms with E-state index in [4.69, 9.17) is 0 Å². The molecule has 5 rings (SSSR count). The van der Waals surface area contributed by atoms with Crippen LogP contribution in [0, 0.1) is 11.6 Å². The molecule has 0 aliphatic carbocycles. The Kier molecular flexibility index (Phi) is 6.79. The fraction of sp³-hybridized carbons (Fsp3) is 0.308. The van der Waals surface area contributed by atoms with E-state index < -0.39 is 5.82 Å². The number of hydrogen-bond acceptors (Lipinski definition) is 4. The summed E-state index contributed by atoms with van der Waals surface area (Å²) in [7, 11) is 0. The van der Waals surface area contributed by atoms with E-state index in [2.05, 4.69) is 16.3 Å². The molecule has 3 heterocycles. The number of benzene rings is 2. The summed E-state index contributed by atoms with van der Waals surface area (Å²) in [6.45, 7) is 2.49. The zero-order chi connectivity index (χ0) is 24.4. The van der Waals surface area contributed by atoms with Gasteiger partial charge in [0.15, 0.2) is 0 Å². The van der Waals surface area contributed by atoms with Crippen molar-refractivity contribution in [1.82, 2.24) is 14.7 Å². The summed E-state index contributed by atoms with van der Waals surface area (Å²) >= 11 is 1.70. The number of nitrogens with one attached hydrogen (secondary N) is 1. The van der Waals surface area contributed by atoms with E-state index in [9.17, 15) is 18.4 Å². The van der Waals surface area contributed by atoms with E-state index in [-0.39, 0.29) is 36.0 Å². The first-order chi connectivity index (χ1) is 17.0. The average Bonchev–Trinajstić information content (AvgIpc) is 3.34. The van der Waals surface area contributed by atoms with Gasteiger partial charge < -0.3 is 15.1 Å². The normalized spacial score (nSPS) is 18.3. The van der Waals surface area contributed by atoms with Crippen LogP contribution in [0.5, 0.6) is 0 Å². The molecule has 2 aliphatic heterocycles. The number of anilines is 1. The van der Waals surface area contributed by atoms with E-state index in [1.54, 1.807) is 45.4 Å². The molecule has 1 saturated heterocycles. The van der Waals surface area contributed by atoms with Crippen LogP contribution in [0.1, 0.15) is 22.0 Å². The van der Waals surface area contributed by atoms with Crippen LogP contribution < -0.4 is 5.32 Å². The summed E-state index contributed by atoms with van der Waals surface area (Å²) < 4.78 is 27.9. The van der Waals surface area contributed by atoms with Crippen molar-refractivity contribution >= 4 is 29.0 Å². The molecule has 1 N–H and O–H groups in total. The largest absolute Gasteiger partial charge is 0.338 e. The maximum absolute atomic E-state index is 14.0. The van der Waals surface area contributed by atoms with Gasteiger partial charge in [0, 0.05) is 37.6 Å². The van der Waals surface area contributed by atoms with Crippen molar-refractivity contribution in [2.75, 3.05) is 44.6 Å². The zero-order valence-corrected chi connectivity index (χ0v) is 19.9. The van der Waals surface area contributed by atoms with Crippen LogP contribution >= 0.6 is 11.3 Å². The number of nitrogens with zero attached hydrogens (tertiary/aromatic N) is 3. The SMILES string of the molecule is O=C(CN1CCc2sccc2C1c1cccc(F)c1)N1CCN(C(=O)Nc2ccccc2F)CC1. The summed E-state index contributed by atoms with van der Waals surface area (Å²) in [4.78, 5) is 32.5. The standard InChI is InChI=1S/C26H26F2N4O2S/c27-19-5-3-4-18(16-19)25-20-9-15-35-23(20)8-10-32(25)17-24(33)30-11-13-31(14-12-30)26(34)29-22-7-2-1-6-21(22)28/h1-7,9,15-16,25H,8,10-14,17H2,(H,29,34). The lowest BCUT2D eigenvalue weighted by atomic mass is 9.93. The van der Waals surface area contributed by atoms with Crippen molar-refractivity contribution in [1.29, 1.82) is 0 Å². The predicted molar refractivity (Wildman–Crippen MR) is 131 cm³/mol. The number of halogens is 2. The number of amides is 3. The Morgan fingerprint density at radius 1 is 0.943 bits per heavy atom. The van der Waals surface area contributed by atoms with Gasteiger partial charge in [-0.3, -0.25) is 9.69 Å². The molecule has 3 amide bonds. The highest BCUT2D eigenvalue weighted by Crippen LogP contribution is 2.37.